The highest BCUT2D eigenvalue weighted by atomic mass is 32.2. The maximum Gasteiger partial charge on any atom is 0.338 e. The molecule has 1 atom stereocenters. The Kier molecular flexibility index (Phi) is 5.43. The monoisotopic (exact) mass is 381 g/mol. The second-order valence-corrected chi connectivity index (χ2v) is 6.79. The molecule has 3 rings (SSSR count). The molecule has 136 valence electrons. The SMILES string of the molecule is CC(OC(=O)c1ccc2c(c1)NC(=O)CS2)C(=O)Nc1cccc(C#N)c1. The van der Waals surface area contributed by atoms with Gasteiger partial charge in [-0.15, -0.1) is 11.8 Å². The Hall–Kier alpha value is -3.31. The molecule has 1 aliphatic heterocycles. The van der Waals surface area contributed by atoms with Crippen LogP contribution in [0.15, 0.2) is 47.4 Å². The van der Waals surface area contributed by atoms with E-state index in [1.54, 1.807) is 30.3 Å². The van der Waals surface area contributed by atoms with Gasteiger partial charge in [0.25, 0.3) is 5.91 Å². The summed E-state index contributed by atoms with van der Waals surface area (Å²) in [5.41, 5.74) is 1.64. The number of nitrogens with one attached hydrogen (secondary N) is 2. The number of esters is 1. The Morgan fingerprint density at radius 1 is 1.30 bits per heavy atom. The number of carbonyl (C=O) groups excluding carboxylic acids is 3. The van der Waals surface area contributed by atoms with Gasteiger partial charge in [-0.05, 0) is 43.3 Å². The zero-order valence-electron chi connectivity index (χ0n) is 14.3. The van der Waals surface area contributed by atoms with Gasteiger partial charge in [0.15, 0.2) is 6.10 Å². The molecule has 1 unspecified atom stereocenters. The van der Waals surface area contributed by atoms with Crippen LogP contribution in [0.2, 0.25) is 0 Å². The lowest BCUT2D eigenvalue weighted by molar-refractivity contribution is -0.123. The van der Waals surface area contributed by atoms with Gasteiger partial charge in [-0.3, -0.25) is 9.59 Å². The lowest BCUT2D eigenvalue weighted by Gasteiger charge is -2.17. The first-order valence-electron chi connectivity index (χ1n) is 8.05. The summed E-state index contributed by atoms with van der Waals surface area (Å²) in [6, 6.07) is 13.3. The van der Waals surface area contributed by atoms with Gasteiger partial charge in [0.1, 0.15) is 0 Å². The minimum atomic E-state index is -1.04. The van der Waals surface area contributed by atoms with E-state index in [0.717, 1.165) is 4.90 Å². The van der Waals surface area contributed by atoms with Crippen LogP contribution in [0.1, 0.15) is 22.8 Å². The number of carbonyl (C=O) groups is 3. The molecule has 0 radical (unpaired) electrons. The van der Waals surface area contributed by atoms with E-state index in [2.05, 4.69) is 10.6 Å². The number of hydrogen-bond acceptors (Lipinski definition) is 6. The van der Waals surface area contributed by atoms with Crippen LogP contribution in [-0.4, -0.2) is 29.6 Å². The zero-order valence-corrected chi connectivity index (χ0v) is 15.1. The first kappa shape index (κ1) is 18.5. The van der Waals surface area contributed by atoms with E-state index in [0.29, 0.717) is 22.7 Å². The highest BCUT2D eigenvalue weighted by Crippen LogP contribution is 2.32. The van der Waals surface area contributed by atoms with E-state index < -0.39 is 18.0 Å². The van der Waals surface area contributed by atoms with Crippen molar-refractivity contribution in [3.05, 3.63) is 53.6 Å². The highest BCUT2D eigenvalue weighted by Gasteiger charge is 2.22. The third kappa shape index (κ3) is 4.46. The van der Waals surface area contributed by atoms with Gasteiger partial charge in [-0.25, -0.2) is 4.79 Å². The summed E-state index contributed by atoms with van der Waals surface area (Å²) in [7, 11) is 0. The van der Waals surface area contributed by atoms with E-state index in [1.165, 1.54) is 30.8 Å². The molecule has 1 heterocycles. The first-order chi connectivity index (χ1) is 13.0. The predicted molar refractivity (Wildman–Crippen MR) is 100 cm³/mol. The second kappa shape index (κ2) is 7.93. The summed E-state index contributed by atoms with van der Waals surface area (Å²) >= 11 is 1.39. The van der Waals surface area contributed by atoms with Gasteiger partial charge in [0.2, 0.25) is 5.91 Å². The van der Waals surface area contributed by atoms with Crippen molar-refractivity contribution >= 4 is 40.9 Å². The van der Waals surface area contributed by atoms with Gasteiger partial charge in [0, 0.05) is 10.6 Å². The smallest absolute Gasteiger partial charge is 0.338 e. The topological polar surface area (TPSA) is 108 Å². The van der Waals surface area contributed by atoms with Gasteiger partial charge in [0.05, 0.1) is 28.6 Å². The van der Waals surface area contributed by atoms with Crippen molar-refractivity contribution in [2.24, 2.45) is 0 Å². The molecule has 27 heavy (non-hydrogen) atoms. The van der Waals surface area contributed by atoms with E-state index in [4.69, 9.17) is 10.00 Å². The van der Waals surface area contributed by atoms with E-state index >= 15 is 0 Å². The molecule has 0 spiro atoms. The molecule has 1 aliphatic rings. The fourth-order valence-corrected chi connectivity index (χ4v) is 3.19. The second-order valence-electron chi connectivity index (χ2n) is 5.78. The largest absolute Gasteiger partial charge is 0.449 e. The van der Waals surface area contributed by atoms with Crippen LogP contribution in [0.5, 0.6) is 0 Å². The van der Waals surface area contributed by atoms with Gasteiger partial charge in [-0.2, -0.15) is 5.26 Å². The molecule has 0 bridgehead atoms. The van der Waals surface area contributed by atoms with Crippen LogP contribution in [-0.2, 0) is 14.3 Å². The molecular weight excluding hydrogens is 366 g/mol. The number of rotatable bonds is 4. The normalized spacial score (nSPS) is 13.6. The minimum absolute atomic E-state index is 0.134. The molecule has 7 nitrogen and oxygen atoms in total. The van der Waals surface area contributed by atoms with Crippen LogP contribution in [0.3, 0.4) is 0 Å². The summed E-state index contributed by atoms with van der Waals surface area (Å²) in [4.78, 5) is 36.9. The maximum absolute atomic E-state index is 12.3. The van der Waals surface area contributed by atoms with Crippen LogP contribution >= 0.6 is 11.8 Å². The van der Waals surface area contributed by atoms with Crippen LogP contribution < -0.4 is 10.6 Å². The fourth-order valence-electron chi connectivity index (χ4n) is 2.40. The molecule has 2 amide bonds. The van der Waals surface area contributed by atoms with Crippen molar-refractivity contribution in [2.45, 2.75) is 17.9 Å². The van der Waals surface area contributed by atoms with Crippen LogP contribution in [0, 0.1) is 11.3 Å². The van der Waals surface area contributed by atoms with Crippen molar-refractivity contribution in [1.82, 2.24) is 0 Å². The van der Waals surface area contributed by atoms with Crippen molar-refractivity contribution in [3.8, 4) is 6.07 Å². The summed E-state index contributed by atoms with van der Waals surface area (Å²) < 4.78 is 5.21. The van der Waals surface area contributed by atoms with E-state index in [9.17, 15) is 14.4 Å². The number of ether oxygens (including phenoxy) is 1. The summed E-state index contributed by atoms with van der Waals surface area (Å²) in [6.45, 7) is 1.46. The molecule has 8 heteroatoms. The fraction of sp³-hybridized carbons (Fsp3) is 0.158. The highest BCUT2D eigenvalue weighted by molar-refractivity contribution is 8.00. The third-order valence-electron chi connectivity index (χ3n) is 3.76. The first-order valence-corrected chi connectivity index (χ1v) is 9.03. The molecule has 0 aliphatic carbocycles. The third-order valence-corrected chi connectivity index (χ3v) is 4.83. The van der Waals surface area contributed by atoms with E-state index in [-0.39, 0.29) is 11.5 Å². The molecule has 0 saturated carbocycles. The van der Waals surface area contributed by atoms with Crippen molar-refractivity contribution in [2.75, 3.05) is 16.4 Å². The van der Waals surface area contributed by atoms with Gasteiger partial charge >= 0.3 is 5.97 Å². The quantitative estimate of drug-likeness (QED) is 0.789. The number of amides is 2. The molecule has 0 fully saturated rings. The number of fused-ring (bicyclic) bond motifs is 1. The Morgan fingerprint density at radius 3 is 2.89 bits per heavy atom. The minimum Gasteiger partial charge on any atom is -0.449 e. The number of nitrogens with zero attached hydrogens (tertiary/aromatic N) is 1. The maximum atomic E-state index is 12.3. The molecule has 0 aromatic heterocycles. The van der Waals surface area contributed by atoms with Gasteiger partial charge in [-0.1, -0.05) is 6.07 Å². The van der Waals surface area contributed by atoms with Gasteiger partial charge < -0.3 is 15.4 Å². The molecule has 2 N–H and O–H groups in total. The average molecular weight is 381 g/mol. The van der Waals surface area contributed by atoms with Crippen molar-refractivity contribution in [1.29, 1.82) is 5.26 Å². The number of benzene rings is 2. The number of nitriles is 1. The Balaban J connectivity index is 1.65. The predicted octanol–water partition coefficient (Wildman–Crippen LogP) is 2.79. The van der Waals surface area contributed by atoms with E-state index in [1.807, 2.05) is 6.07 Å². The number of thioether (sulfide) groups is 1. The summed E-state index contributed by atoms with van der Waals surface area (Å²) in [5.74, 6) is -0.984. The zero-order chi connectivity index (χ0) is 19.4. The molecular formula is C19H15N3O4S. The molecule has 0 saturated heterocycles. The lowest BCUT2D eigenvalue weighted by Crippen LogP contribution is -2.30. The van der Waals surface area contributed by atoms with Crippen molar-refractivity contribution in [3.63, 3.8) is 0 Å². The standard InChI is InChI=1S/C19H15N3O4S/c1-11(18(24)21-14-4-2-3-12(7-14)9-20)26-19(25)13-5-6-16-15(8-13)22-17(23)10-27-16/h2-8,11H,10H2,1H3,(H,21,24)(H,22,23). The summed E-state index contributed by atoms with van der Waals surface area (Å²) in [5, 5.41) is 14.2. The Labute approximate surface area is 159 Å². The van der Waals surface area contributed by atoms with Crippen LogP contribution in [0.4, 0.5) is 11.4 Å². The van der Waals surface area contributed by atoms with Crippen molar-refractivity contribution < 1.29 is 19.1 Å². The number of hydrogen-bond donors (Lipinski definition) is 2. The lowest BCUT2D eigenvalue weighted by atomic mass is 10.2. The molecule has 2 aromatic carbocycles. The van der Waals surface area contributed by atoms with Crippen LogP contribution in [0.25, 0.3) is 0 Å². The Bertz CT molecular complexity index is 968. The summed E-state index contributed by atoms with van der Waals surface area (Å²) in [6.07, 6.45) is -1.04. The average Bonchev–Trinajstić information content (AvgIpc) is 2.67. The molecule has 2 aromatic rings. The Morgan fingerprint density at radius 2 is 2.11 bits per heavy atom. The number of anilines is 2.